The lowest BCUT2D eigenvalue weighted by Gasteiger charge is -2.19. The van der Waals surface area contributed by atoms with E-state index in [0.29, 0.717) is 30.2 Å². The molecule has 2 aromatic carbocycles. The summed E-state index contributed by atoms with van der Waals surface area (Å²) < 4.78 is 59.6. The zero-order valence-electron chi connectivity index (χ0n) is 28.0. The average molecular weight is 677 g/mol. The molecule has 12 nitrogen and oxygen atoms in total. The van der Waals surface area contributed by atoms with Crippen molar-refractivity contribution in [1.29, 1.82) is 0 Å². The van der Waals surface area contributed by atoms with Gasteiger partial charge in [0.2, 0.25) is 11.9 Å². The molecule has 0 aliphatic rings. The van der Waals surface area contributed by atoms with E-state index < -0.39 is 42.1 Å². The third-order valence-electron chi connectivity index (χ3n) is 5.89. The number of unbranched alkanes of at least 4 members (excludes halogenated alkanes) is 2. The molecule has 3 aromatic rings. The van der Waals surface area contributed by atoms with Crippen molar-refractivity contribution in [2.24, 2.45) is 0 Å². The largest absolute Gasteiger partial charge is 0.494 e. The third-order valence-corrected chi connectivity index (χ3v) is 5.89. The molecular weight excluding hydrogens is 633 g/mol. The summed E-state index contributed by atoms with van der Waals surface area (Å²) in [6.45, 7) is 10.4. The Kier molecular flexibility index (Phi) is 13.2. The number of halogens is 3. The first-order chi connectivity index (χ1) is 22.4. The molecule has 15 heteroatoms. The van der Waals surface area contributed by atoms with Crippen LogP contribution in [-0.4, -0.2) is 64.2 Å². The van der Waals surface area contributed by atoms with E-state index in [4.69, 9.17) is 18.9 Å². The van der Waals surface area contributed by atoms with Gasteiger partial charge >= 0.3 is 24.2 Å². The normalized spacial score (nSPS) is 11.8. The highest BCUT2D eigenvalue weighted by atomic mass is 19.4. The topological polar surface area (TPSA) is 146 Å². The van der Waals surface area contributed by atoms with Crippen molar-refractivity contribution in [1.82, 2.24) is 20.3 Å². The van der Waals surface area contributed by atoms with Gasteiger partial charge in [0.1, 0.15) is 17.0 Å². The Morgan fingerprint density at radius 2 is 1.40 bits per heavy atom. The molecule has 0 saturated carbocycles. The number of nitrogens with one attached hydrogen (secondary N) is 3. The van der Waals surface area contributed by atoms with Gasteiger partial charge in [0, 0.05) is 18.8 Å². The summed E-state index contributed by atoms with van der Waals surface area (Å²) in [5, 5.41) is 8.60. The van der Waals surface area contributed by atoms with Crippen molar-refractivity contribution < 1.29 is 41.7 Å². The van der Waals surface area contributed by atoms with E-state index >= 15 is 0 Å². The number of ether oxygens (including phenoxy) is 4. The highest BCUT2D eigenvalue weighted by Gasteiger charge is 2.29. The van der Waals surface area contributed by atoms with Crippen LogP contribution in [0.25, 0.3) is 0 Å². The average Bonchev–Trinajstić information content (AvgIpc) is 2.97. The number of alkyl carbamates (subject to hydrolysis) is 1. The number of carbonyl (C=O) groups excluding carboxylic acids is 2. The van der Waals surface area contributed by atoms with Crippen LogP contribution in [-0.2, 0) is 16.0 Å². The van der Waals surface area contributed by atoms with Gasteiger partial charge in [-0.1, -0.05) is 12.1 Å². The van der Waals surface area contributed by atoms with Crippen molar-refractivity contribution in [2.75, 3.05) is 30.4 Å². The van der Waals surface area contributed by atoms with Crippen LogP contribution in [0.4, 0.5) is 35.5 Å². The Hall–Kier alpha value is -4.82. The highest BCUT2D eigenvalue weighted by Crippen LogP contribution is 2.22. The van der Waals surface area contributed by atoms with Gasteiger partial charge in [-0.15, -0.1) is 0 Å². The van der Waals surface area contributed by atoms with E-state index in [0.717, 1.165) is 24.8 Å². The summed E-state index contributed by atoms with van der Waals surface area (Å²) in [5.74, 6) is 0.0954. The molecule has 0 aliphatic heterocycles. The van der Waals surface area contributed by atoms with Crippen LogP contribution in [0, 0.1) is 0 Å². The maximum absolute atomic E-state index is 12.8. The second-order valence-corrected chi connectivity index (χ2v) is 12.7. The molecule has 0 fully saturated rings. The van der Waals surface area contributed by atoms with E-state index in [-0.39, 0.29) is 18.4 Å². The lowest BCUT2D eigenvalue weighted by atomic mass is 10.1. The van der Waals surface area contributed by atoms with Gasteiger partial charge in [0.15, 0.2) is 6.61 Å². The summed E-state index contributed by atoms with van der Waals surface area (Å²) in [7, 11) is 0. The van der Waals surface area contributed by atoms with Crippen LogP contribution >= 0.6 is 0 Å². The van der Waals surface area contributed by atoms with Crippen LogP contribution in [0.1, 0.15) is 76.7 Å². The van der Waals surface area contributed by atoms with Crippen LogP contribution in [0.2, 0.25) is 0 Å². The molecule has 1 heterocycles. The zero-order valence-corrected chi connectivity index (χ0v) is 28.0. The van der Waals surface area contributed by atoms with Crippen LogP contribution in [0.5, 0.6) is 11.8 Å². The first-order valence-electron chi connectivity index (χ1n) is 15.4. The van der Waals surface area contributed by atoms with Crippen molar-refractivity contribution in [3.8, 4) is 11.8 Å². The molecule has 1 amide bonds. The van der Waals surface area contributed by atoms with Crippen LogP contribution < -0.4 is 25.4 Å². The first-order valence-corrected chi connectivity index (χ1v) is 15.4. The second-order valence-electron chi connectivity index (χ2n) is 12.7. The second kappa shape index (κ2) is 16.8. The number of hydrogen-bond donors (Lipinski definition) is 3. The van der Waals surface area contributed by atoms with Crippen LogP contribution in [0.15, 0.2) is 48.5 Å². The predicted molar refractivity (Wildman–Crippen MR) is 174 cm³/mol. The molecule has 0 atom stereocenters. The zero-order chi connectivity index (χ0) is 35.4. The number of rotatable bonds is 15. The lowest BCUT2D eigenvalue weighted by molar-refractivity contribution is -0.154. The summed E-state index contributed by atoms with van der Waals surface area (Å²) in [4.78, 5) is 36.1. The Labute approximate surface area is 278 Å². The van der Waals surface area contributed by atoms with Gasteiger partial charge in [-0.05, 0) is 103 Å². The number of aromatic nitrogens is 3. The van der Waals surface area contributed by atoms with Gasteiger partial charge < -0.3 is 34.9 Å². The van der Waals surface area contributed by atoms with E-state index in [1.54, 1.807) is 45.0 Å². The number of carbonyl (C=O) groups is 2. The molecule has 3 N–H and O–H groups in total. The van der Waals surface area contributed by atoms with Crippen molar-refractivity contribution in [3.63, 3.8) is 0 Å². The summed E-state index contributed by atoms with van der Waals surface area (Å²) in [6.07, 6.45) is -2.55. The quantitative estimate of drug-likeness (QED) is 0.111. The van der Waals surface area contributed by atoms with Crippen LogP contribution in [0.3, 0.4) is 0 Å². The Morgan fingerprint density at radius 3 is 2.02 bits per heavy atom. The molecule has 0 aliphatic carbocycles. The van der Waals surface area contributed by atoms with Crippen molar-refractivity contribution >= 4 is 29.6 Å². The number of alkyl halides is 3. The predicted octanol–water partition coefficient (Wildman–Crippen LogP) is 7.20. The smallest absolute Gasteiger partial charge is 0.422 e. The van der Waals surface area contributed by atoms with Gasteiger partial charge in [0.25, 0.3) is 0 Å². The van der Waals surface area contributed by atoms with Gasteiger partial charge in [-0.3, -0.25) is 0 Å². The minimum Gasteiger partial charge on any atom is -0.494 e. The van der Waals surface area contributed by atoms with E-state index in [1.807, 2.05) is 32.9 Å². The number of esters is 1. The van der Waals surface area contributed by atoms with E-state index in [2.05, 4.69) is 30.9 Å². The molecule has 0 spiro atoms. The Morgan fingerprint density at radius 1 is 0.750 bits per heavy atom. The fourth-order valence-electron chi connectivity index (χ4n) is 3.84. The third kappa shape index (κ3) is 15.2. The van der Waals surface area contributed by atoms with E-state index in [1.165, 1.54) is 12.1 Å². The fourth-order valence-corrected chi connectivity index (χ4v) is 3.84. The molecule has 0 bridgehead atoms. The maximum atomic E-state index is 12.8. The minimum absolute atomic E-state index is 0.0171. The molecule has 1 aromatic heterocycles. The molecule has 0 radical (unpaired) electrons. The lowest BCUT2D eigenvalue weighted by Crippen LogP contribution is -2.33. The standard InChI is InChI=1S/C33H43F3N6O6/c1-31(2,3)47-26(43)23-12-14-24(15-13-23)39-28-40-27(41-29(42-28)46-21-33(34,35)36)38-20-22-10-16-25(17-11-22)45-19-9-7-8-18-37-30(44)48-32(4,5)6/h10-17H,7-9,18-21H2,1-6H3,(H,37,44)(H2,38,39,40,41,42). The summed E-state index contributed by atoms with van der Waals surface area (Å²) in [5.41, 5.74) is 0.437. The summed E-state index contributed by atoms with van der Waals surface area (Å²) in [6, 6.07) is 13.0. The maximum Gasteiger partial charge on any atom is 0.422 e. The summed E-state index contributed by atoms with van der Waals surface area (Å²) >= 11 is 0. The molecule has 48 heavy (non-hydrogen) atoms. The number of nitrogens with zero attached hydrogens (tertiary/aromatic N) is 3. The molecule has 3 rings (SSSR count). The highest BCUT2D eigenvalue weighted by molar-refractivity contribution is 5.90. The Bertz CT molecular complexity index is 1470. The number of hydrogen-bond acceptors (Lipinski definition) is 11. The minimum atomic E-state index is -4.59. The molecular formula is C33H43F3N6O6. The Balaban J connectivity index is 1.53. The number of amides is 1. The molecule has 0 saturated heterocycles. The monoisotopic (exact) mass is 676 g/mol. The first kappa shape index (κ1) is 37.6. The molecule has 0 unspecified atom stereocenters. The van der Waals surface area contributed by atoms with Gasteiger partial charge in [0.05, 0.1) is 12.2 Å². The van der Waals surface area contributed by atoms with Crippen molar-refractivity contribution in [3.05, 3.63) is 59.7 Å². The number of benzene rings is 2. The van der Waals surface area contributed by atoms with Crippen molar-refractivity contribution in [2.45, 2.75) is 84.7 Å². The van der Waals surface area contributed by atoms with Gasteiger partial charge in [-0.2, -0.15) is 28.1 Å². The SMILES string of the molecule is CC(C)(C)OC(=O)NCCCCCOc1ccc(CNc2nc(Nc3ccc(C(=O)OC(C)(C)C)cc3)nc(OCC(F)(F)F)n2)cc1. The van der Waals surface area contributed by atoms with E-state index in [9.17, 15) is 22.8 Å². The van der Waals surface area contributed by atoms with Gasteiger partial charge in [-0.25, -0.2) is 9.59 Å². The number of anilines is 3. The molecule has 262 valence electrons. The fraction of sp³-hybridized carbons (Fsp3) is 0.485.